The lowest BCUT2D eigenvalue weighted by molar-refractivity contribution is 1.00. The van der Waals surface area contributed by atoms with Crippen molar-refractivity contribution >= 4 is 11.4 Å². The second kappa shape index (κ2) is 5.59. The SMILES string of the molecule is CCC=CN(CC)c1ccc(C)c(C)c1N. The Bertz CT molecular complexity index is 381. The highest BCUT2D eigenvalue weighted by Crippen LogP contribution is 2.28. The Kier molecular flexibility index (Phi) is 4.41. The van der Waals surface area contributed by atoms with E-state index in [1.54, 1.807) is 0 Å². The Hall–Kier alpha value is -1.44. The smallest absolute Gasteiger partial charge is 0.0642 e. The summed E-state index contributed by atoms with van der Waals surface area (Å²) >= 11 is 0. The van der Waals surface area contributed by atoms with Gasteiger partial charge < -0.3 is 10.6 Å². The normalized spacial score (nSPS) is 11.0. The second-order valence-electron chi connectivity index (χ2n) is 4.02. The Morgan fingerprint density at radius 2 is 1.94 bits per heavy atom. The van der Waals surface area contributed by atoms with Crippen LogP contribution in [0.2, 0.25) is 0 Å². The number of rotatable bonds is 4. The van der Waals surface area contributed by atoms with E-state index in [2.05, 4.69) is 57.0 Å². The van der Waals surface area contributed by atoms with Gasteiger partial charge in [-0.15, -0.1) is 0 Å². The molecule has 0 aliphatic rings. The summed E-state index contributed by atoms with van der Waals surface area (Å²) in [4.78, 5) is 2.19. The summed E-state index contributed by atoms with van der Waals surface area (Å²) in [6.45, 7) is 9.37. The fourth-order valence-corrected chi connectivity index (χ4v) is 1.66. The predicted octanol–water partition coefficient (Wildman–Crippen LogP) is 3.64. The topological polar surface area (TPSA) is 29.3 Å². The minimum Gasteiger partial charge on any atom is -0.397 e. The summed E-state index contributed by atoms with van der Waals surface area (Å²) in [5, 5.41) is 0. The van der Waals surface area contributed by atoms with Gasteiger partial charge in [-0.25, -0.2) is 0 Å². The summed E-state index contributed by atoms with van der Waals surface area (Å²) in [6, 6.07) is 4.23. The van der Waals surface area contributed by atoms with Crippen molar-refractivity contribution in [2.24, 2.45) is 0 Å². The molecule has 1 aromatic carbocycles. The number of hydrogen-bond donors (Lipinski definition) is 1. The predicted molar refractivity (Wildman–Crippen MR) is 72.8 cm³/mol. The highest BCUT2D eigenvalue weighted by Gasteiger charge is 2.08. The molecule has 16 heavy (non-hydrogen) atoms. The lowest BCUT2D eigenvalue weighted by Gasteiger charge is -2.22. The molecule has 0 aliphatic heterocycles. The van der Waals surface area contributed by atoms with Crippen LogP contribution in [0.15, 0.2) is 24.4 Å². The molecule has 0 saturated heterocycles. The third-order valence-electron chi connectivity index (χ3n) is 2.93. The van der Waals surface area contributed by atoms with E-state index in [1.807, 2.05) is 0 Å². The van der Waals surface area contributed by atoms with Gasteiger partial charge in [-0.05, 0) is 44.4 Å². The van der Waals surface area contributed by atoms with Crippen molar-refractivity contribution in [1.82, 2.24) is 0 Å². The van der Waals surface area contributed by atoms with Crippen LogP contribution in [-0.2, 0) is 0 Å². The molecule has 2 heteroatoms. The number of nitrogen functional groups attached to an aromatic ring is 1. The van der Waals surface area contributed by atoms with Crippen LogP contribution >= 0.6 is 0 Å². The zero-order chi connectivity index (χ0) is 12.1. The van der Waals surface area contributed by atoms with Crippen LogP contribution in [0, 0.1) is 13.8 Å². The molecule has 0 atom stereocenters. The van der Waals surface area contributed by atoms with Crippen molar-refractivity contribution < 1.29 is 0 Å². The van der Waals surface area contributed by atoms with Gasteiger partial charge >= 0.3 is 0 Å². The number of anilines is 2. The van der Waals surface area contributed by atoms with Crippen molar-refractivity contribution in [2.45, 2.75) is 34.1 Å². The zero-order valence-electron chi connectivity index (χ0n) is 10.7. The standard InChI is InChI=1S/C14H22N2/c1-5-7-10-16(6-2)13-9-8-11(3)12(4)14(13)15/h7-10H,5-6,15H2,1-4H3. The quantitative estimate of drug-likeness (QED) is 0.782. The van der Waals surface area contributed by atoms with Crippen molar-refractivity contribution in [2.75, 3.05) is 17.2 Å². The number of benzene rings is 1. The first-order valence-electron chi connectivity index (χ1n) is 5.90. The van der Waals surface area contributed by atoms with Gasteiger partial charge in [0.05, 0.1) is 11.4 Å². The molecular formula is C14H22N2. The van der Waals surface area contributed by atoms with E-state index in [4.69, 9.17) is 5.73 Å². The number of allylic oxidation sites excluding steroid dienone is 1. The Balaban J connectivity index is 3.11. The maximum Gasteiger partial charge on any atom is 0.0642 e. The molecule has 1 rings (SSSR count). The van der Waals surface area contributed by atoms with Gasteiger partial charge in [0, 0.05) is 12.7 Å². The van der Waals surface area contributed by atoms with Crippen molar-refractivity contribution in [3.63, 3.8) is 0 Å². The molecule has 88 valence electrons. The van der Waals surface area contributed by atoms with Crippen LogP contribution in [0.25, 0.3) is 0 Å². The maximum absolute atomic E-state index is 6.16. The van der Waals surface area contributed by atoms with Gasteiger partial charge in [-0.1, -0.05) is 19.1 Å². The van der Waals surface area contributed by atoms with Crippen LogP contribution in [0.1, 0.15) is 31.4 Å². The molecule has 0 saturated carbocycles. The summed E-state index contributed by atoms with van der Waals surface area (Å²) in [7, 11) is 0. The van der Waals surface area contributed by atoms with Crippen LogP contribution in [0.5, 0.6) is 0 Å². The molecule has 2 N–H and O–H groups in total. The first kappa shape index (κ1) is 12.6. The monoisotopic (exact) mass is 218 g/mol. The first-order chi connectivity index (χ1) is 7.61. The molecule has 0 aromatic heterocycles. The van der Waals surface area contributed by atoms with Crippen LogP contribution in [-0.4, -0.2) is 6.54 Å². The van der Waals surface area contributed by atoms with Gasteiger partial charge in [0.1, 0.15) is 0 Å². The molecule has 2 nitrogen and oxygen atoms in total. The van der Waals surface area contributed by atoms with Crippen LogP contribution in [0.3, 0.4) is 0 Å². The molecule has 0 spiro atoms. The third-order valence-corrected chi connectivity index (χ3v) is 2.93. The van der Waals surface area contributed by atoms with Gasteiger partial charge in [-0.2, -0.15) is 0 Å². The Morgan fingerprint density at radius 3 is 2.50 bits per heavy atom. The average Bonchev–Trinajstić information content (AvgIpc) is 2.29. The molecule has 1 aromatic rings. The summed E-state index contributed by atoms with van der Waals surface area (Å²) in [5.74, 6) is 0. The Labute approximate surface area is 98.8 Å². The van der Waals surface area contributed by atoms with E-state index < -0.39 is 0 Å². The number of nitrogens with two attached hydrogens (primary N) is 1. The third kappa shape index (κ3) is 2.57. The lowest BCUT2D eigenvalue weighted by atomic mass is 10.1. The molecule has 0 fully saturated rings. The van der Waals surface area contributed by atoms with E-state index in [9.17, 15) is 0 Å². The van der Waals surface area contributed by atoms with Crippen molar-refractivity contribution in [3.8, 4) is 0 Å². The van der Waals surface area contributed by atoms with E-state index in [1.165, 1.54) is 11.1 Å². The fourth-order valence-electron chi connectivity index (χ4n) is 1.66. The molecular weight excluding hydrogens is 196 g/mol. The van der Waals surface area contributed by atoms with Crippen molar-refractivity contribution in [3.05, 3.63) is 35.5 Å². The zero-order valence-corrected chi connectivity index (χ0v) is 10.7. The lowest BCUT2D eigenvalue weighted by Crippen LogP contribution is -2.17. The first-order valence-corrected chi connectivity index (χ1v) is 5.90. The highest BCUT2D eigenvalue weighted by atomic mass is 15.1. The van der Waals surface area contributed by atoms with Crippen LogP contribution in [0.4, 0.5) is 11.4 Å². The van der Waals surface area contributed by atoms with E-state index in [0.717, 1.165) is 24.3 Å². The fraction of sp³-hybridized carbons (Fsp3) is 0.429. The summed E-state index contributed by atoms with van der Waals surface area (Å²) in [6.07, 6.45) is 5.31. The average molecular weight is 218 g/mol. The Morgan fingerprint density at radius 1 is 1.25 bits per heavy atom. The van der Waals surface area contributed by atoms with Gasteiger partial charge in [0.25, 0.3) is 0 Å². The molecule has 0 aliphatic carbocycles. The second-order valence-corrected chi connectivity index (χ2v) is 4.02. The molecule has 0 heterocycles. The minimum atomic E-state index is 0.891. The van der Waals surface area contributed by atoms with E-state index >= 15 is 0 Å². The number of nitrogens with zero attached hydrogens (tertiary/aromatic N) is 1. The van der Waals surface area contributed by atoms with Crippen LogP contribution < -0.4 is 10.6 Å². The van der Waals surface area contributed by atoms with E-state index in [-0.39, 0.29) is 0 Å². The van der Waals surface area contributed by atoms with Gasteiger partial charge in [0.15, 0.2) is 0 Å². The molecule has 0 amide bonds. The largest absolute Gasteiger partial charge is 0.397 e. The van der Waals surface area contributed by atoms with E-state index in [0.29, 0.717) is 0 Å². The van der Waals surface area contributed by atoms with Gasteiger partial charge in [0.2, 0.25) is 0 Å². The maximum atomic E-state index is 6.16. The molecule has 0 radical (unpaired) electrons. The molecule has 0 unspecified atom stereocenters. The van der Waals surface area contributed by atoms with Gasteiger partial charge in [-0.3, -0.25) is 0 Å². The molecule has 0 bridgehead atoms. The minimum absolute atomic E-state index is 0.891. The highest BCUT2D eigenvalue weighted by molar-refractivity contribution is 5.73. The number of hydrogen-bond acceptors (Lipinski definition) is 2. The van der Waals surface area contributed by atoms with Crippen molar-refractivity contribution in [1.29, 1.82) is 0 Å². The summed E-state index contributed by atoms with van der Waals surface area (Å²) < 4.78 is 0. The summed E-state index contributed by atoms with van der Waals surface area (Å²) in [5.41, 5.74) is 10.6. The number of aryl methyl sites for hydroxylation is 1.